The van der Waals surface area contributed by atoms with E-state index in [2.05, 4.69) is 0 Å². The Kier molecular flexibility index (Phi) is 4.24. The lowest BCUT2D eigenvalue weighted by Crippen LogP contribution is -2.19. The van der Waals surface area contributed by atoms with Crippen LogP contribution in [0.5, 0.6) is 0 Å². The maximum atomic E-state index is 9.14. The Bertz CT molecular complexity index is 781. The second kappa shape index (κ2) is 5.98. The number of nitrogens with zero attached hydrogens (tertiary/aromatic N) is 6. The smallest absolute Gasteiger partial charge is 0.109 e. The van der Waals surface area contributed by atoms with Gasteiger partial charge in [0.05, 0.1) is 22.3 Å². The van der Waals surface area contributed by atoms with E-state index >= 15 is 0 Å². The lowest BCUT2D eigenvalue weighted by atomic mass is 10.2. The van der Waals surface area contributed by atoms with Gasteiger partial charge in [0.1, 0.15) is 32.5 Å². The molecule has 2 rings (SSSR count). The maximum absolute atomic E-state index is 9.14. The van der Waals surface area contributed by atoms with Crippen molar-refractivity contribution in [3.05, 3.63) is 47.0 Å². The molecule has 0 aliphatic rings. The molecular weight excluding hydrogens is 307 g/mol. The molecule has 23 heavy (non-hydrogen) atoms. The minimum absolute atomic E-state index is 0.216. The first-order valence-electron chi connectivity index (χ1n) is 6.71. The molecule has 0 N–H and O–H groups in total. The van der Waals surface area contributed by atoms with E-state index in [1.165, 1.54) is 0 Å². The van der Waals surface area contributed by atoms with Crippen molar-refractivity contribution in [2.24, 2.45) is 0 Å². The van der Waals surface area contributed by atoms with Gasteiger partial charge in [-0.2, -0.15) is 21.0 Å². The third kappa shape index (κ3) is 2.95. The molecule has 0 amide bonds. The van der Waals surface area contributed by atoms with Crippen molar-refractivity contribution in [2.75, 3.05) is 0 Å². The van der Waals surface area contributed by atoms with Crippen LogP contribution in [0.3, 0.4) is 0 Å². The highest BCUT2D eigenvalue weighted by Crippen LogP contribution is 2.52. The van der Waals surface area contributed by atoms with Crippen LogP contribution in [0.2, 0.25) is 0 Å². The van der Waals surface area contributed by atoms with Gasteiger partial charge in [-0.05, 0) is 0 Å². The Morgan fingerprint density at radius 2 is 0.957 bits per heavy atom. The van der Waals surface area contributed by atoms with Gasteiger partial charge in [0, 0.05) is 29.9 Å². The lowest BCUT2D eigenvalue weighted by molar-refractivity contribution is 0.758. The monoisotopic (exact) mass is 320 g/mol. The molecule has 0 atom stereocenters. The summed E-state index contributed by atoms with van der Waals surface area (Å²) in [6.45, 7) is 6.11. The fourth-order valence-corrected chi connectivity index (χ4v) is 4.79. The summed E-state index contributed by atoms with van der Waals surface area (Å²) in [5.74, 6) is 0. The summed E-state index contributed by atoms with van der Waals surface area (Å²) < 4.78 is 3.68. The molecule has 0 spiro atoms. The number of nitriles is 4. The Balaban J connectivity index is 2.66. The summed E-state index contributed by atoms with van der Waals surface area (Å²) in [4.78, 5) is 0. The molecule has 0 radical (unpaired) electrons. The van der Waals surface area contributed by atoms with Crippen molar-refractivity contribution >= 4 is 8.22 Å². The standard InChI is InChI=1S/C16H13N6P/c1-16(2,3)23(21-8-12(4-17)13(5-18)9-21)22-10-14(6-19)15(7-20)11-22/h8-11H,1-3H3. The van der Waals surface area contributed by atoms with Gasteiger partial charge in [-0.1, -0.05) is 20.8 Å². The normalized spacial score (nSPS) is 10.6. The molecule has 0 aliphatic carbocycles. The molecule has 112 valence electrons. The van der Waals surface area contributed by atoms with E-state index < -0.39 is 8.22 Å². The van der Waals surface area contributed by atoms with Gasteiger partial charge in [0.25, 0.3) is 0 Å². The zero-order valence-corrected chi connectivity index (χ0v) is 13.8. The molecule has 7 heteroatoms. The van der Waals surface area contributed by atoms with Gasteiger partial charge in [-0.15, -0.1) is 0 Å². The average Bonchev–Trinajstić information content (AvgIpc) is 3.09. The van der Waals surface area contributed by atoms with Crippen LogP contribution in [-0.2, 0) is 0 Å². The van der Waals surface area contributed by atoms with Crippen molar-refractivity contribution < 1.29 is 0 Å². The number of hydrogen-bond acceptors (Lipinski definition) is 4. The minimum Gasteiger partial charge on any atom is -0.312 e. The molecule has 6 nitrogen and oxygen atoms in total. The van der Waals surface area contributed by atoms with E-state index in [1.54, 1.807) is 24.8 Å². The molecule has 0 fully saturated rings. The number of hydrogen-bond donors (Lipinski definition) is 0. The van der Waals surface area contributed by atoms with Crippen LogP contribution in [0, 0.1) is 45.3 Å². The van der Waals surface area contributed by atoms with E-state index in [-0.39, 0.29) is 5.16 Å². The summed E-state index contributed by atoms with van der Waals surface area (Å²) in [5, 5.41) is 36.4. The van der Waals surface area contributed by atoms with Gasteiger partial charge in [0.2, 0.25) is 0 Å². The first-order valence-corrected chi connectivity index (χ1v) is 7.95. The maximum Gasteiger partial charge on any atom is 0.109 e. The quantitative estimate of drug-likeness (QED) is 0.791. The van der Waals surface area contributed by atoms with E-state index in [1.807, 2.05) is 53.7 Å². The van der Waals surface area contributed by atoms with Crippen molar-refractivity contribution in [3.63, 3.8) is 0 Å². The van der Waals surface area contributed by atoms with E-state index in [9.17, 15) is 0 Å². The summed E-state index contributed by atoms with van der Waals surface area (Å²) in [5.41, 5.74) is 1.27. The zero-order chi connectivity index (χ0) is 17.2. The van der Waals surface area contributed by atoms with E-state index in [4.69, 9.17) is 21.0 Å². The van der Waals surface area contributed by atoms with Gasteiger partial charge >= 0.3 is 0 Å². The van der Waals surface area contributed by atoms with Gasteiger partial charge in [-0.25, -0.2) is 0 Å². The molecule has 2 aromatic rings. The lowest BCUT2D eigenvalue weighted by Gasteiger charge is -2.32. The van der Waals surface area contributed by atoms with Crippen LogP contribution in [0.15, 0.2) is 24.8 Å². The number of aromatic nitrogens is 2. The largest absolute Gasteiger partial charge is 0.312 e. The topological polar surface area (TPSA) is 105 Å². The summed E-state index contributed by atoms with van der Waals surface area (Å²) in [6, 6.07) is 8.07. The second-order valence-corrected chi connectivity index (χ2v) is 8.68. The third-order valence-electron chi connectivity index (χ3n) is 3.15. The van der Waals surface area contributed by atoms with Crippen LogP contribution in [-0.4, -0.2) is 13.8 Å². The van der Waals surface area contributed by atoms with Gasteiger partial charge in [-0.3, -0.25) is 0 Å². The number of rotatable bonds is 2. The van der Waals surface area contributed by atoms with Crippen LogP contribution in [0.25, 0.3) is 0 Å². The van der Waals surface area contributed by atoms with Crippen LogP contribution >= 0.6 is 8.22 Å². The van der Waals surface area contributed by atoms with Crippen LogP contribution < -0.4 is 0 Å². The van der Waals surface area contributed by atoms with Crippen molar-refractivity contribution in [2.45, 2.75) is 25.9 Å². The molecule has 0 bridgehead atoms. The van der Waals surface area contributed by atoms with Gasteiger partial charge < -0.3 is 8.68 Å². The highest BCUT2D eigenvalue weighted by molar-refractivity contribution is 7.56. The highest BCUT2D eigenvalue weighted by Gasteiger charge is 2.30. The SMILES string of the molecule is CC(C)(C)P(n1cc(C#N)c(C#N)c1)n1cc(C#N)c(C#N)c1. The molecule has 0 saturated heterocycles. The van der Waals surface area contributed by atoms with E-state index in [0.717, 1.165) is 0 Å². The fraction of sp³-hybridized carbons (Fsp3) is 0.250. The van der Waals surface area contributed by atoms with Gasteiger partial charge in [0.15, 0.2) is 0 Å². The first kappa shape index (κ1) is 16.3. The molecule has 2 heterocycles. The summed E-state index contributed by atoms with van der Waals surface area (Å²) in [6.07, 6.45) is 6.59. The highest BCUT2D eigenvalue weighted by atomic mass is 31.1. The minimum atomic E-state index is -1.08. The predicted octanol–water partition coefficient (Wildman–Crippen LogP) is 3.28. The average molecular weight is 320 g/mol. The van der Waals surface area contributed by atoms with E-state index in [0.29, 0.717) is 22.3 Å². The molecule has 0 saturated carbocycles. The zero-order valence-electron chi connectivity index (χ0n) is 12.9. The molecule has 0 aliphatic heterocycles. The van der Waals surface area contributed by atoms with Crippen LogP contribution in [0.4, 0.5) is 0 Å². The predicted molar refractivity (Wildman–Crippen MR) is 85.2 cm³/mol. The van der Waals surface area contributed by atoms with Crippen molar-refractivity contribution in [1.29, 1.82) is 21.0 Å². The van der Waals surface area contributed by atoms with Crippen LogP contribution in [0.1, 0.15) is 43.0 Å². The summed E-state index contributed by atoms with van der Waals surface area (Å²) in [7, 11) is -1.08. The Labute approximate surface area is 135 Å². The van der Waals surface area contributed by atoms with Crippen molar-refractivity contribution in [1.82, 2.24) is 8.68 Å². The van der Waals surface area contributed by atoms with Crippen molar-refractivity contribution in [3.8, 4) is 24.3 Å². The fourth-order valence-electron chi connectivity index (χ4n) is 2.27. The Hall–Kier alpha value is -3.05. The third-order valence-corrected chi connectivity index (χ3v) is 5.68. The second-order valence-electron chi connectivity index (χ2n) is 5.84. The molecule has 0 aromatic carbocycles. The Morgan fingerprint density at radius 1 is 0.696 bits per heavy atom. The molecule has 0 unspecified atom stereocenters. The Morgan fingerprint density at radius 3 is 1.13 bits per heavy atom. The summed E-state index contributed by atoms with van der Waals surface area (Å²) >= 11 is 0. The molecular formula is C16H13N6P. The first-order chi connectivity index (χ1) is 10.8. The molecule has 2 aromatic heterocycles.